The van der Waals surface area contributed by atoms with Gasteiger partial charge in [0.25, 0.3) is 5.91 Å². The number of carbonyl (C=O) groups is 2. The Kier molecular flexibility index (Phi) is 12.8. The van der Waals surface area contributed by atoms with Crippen molar-refractivity contribution in [1.82, 2.24) is 20.2 Å². The highest BCUT2D eigenvalue weighted by molar-refractivity contribution is 7.91. The first-order chi connectivity index (χ1) is 27.4. The summed E-state index contributed by atoms with van der Waals surface area (Å²) in [5, 5.41) is 9.92. The molecule has 12 nitrogen and oxygen atoms in total. The quantitative estimate of drug-likeness (QED) is 0.139. The average molecular weight is 836 g/mol. The average Bonchev–Trinajstić information content (AvgIpc) is 3.81. The van der Waals surface area contributed by atoms with Gasteiger partial charge in [-0.3, -0.25) is 14.5 Å². The standard InChI is InChI=1S/C42H48Cl2N6O6S/c1-54-40-27(23-46-22-25-10-12-29(51)20-25)11-14-36(47-40)34-9-5-8-33(38(34)44)30-6-4-7-32-31(30)13-15-37(32)56-42-35(43)21-28(41(48-42)55-2)24-50-18-16-26(17-19-50)39(52)49-57(3,45)53/h4-9,11,14,21,25-26,37,46H,10,12-13,15-20,22-24H2,1-3H3,(H2,45,49,52,53)/t25-,37+,57?/m1/s1. The Morgan fingerprint density at radius 2 is 1.65 bits per heavy atom. The normalized spacial score (nSPS) is 19.6. The molecule has 3 atom stereocenters. The predicted molar refractivity (Wildman–Crippen MR) is 222 cm³/mol. The first-order valence-electron chi connectivity index (χ1n) is 19.2. The topological polar surface area (TPSA) is 158 Å². The predicted octanol–water partition coefficient (Wildman–Crippen LogP) is 7.37. The molecule has 2 aromatic heterocycles. The van der Waals surface area contributed by atoms with Gasteiger partial charge < -0.3 is 19.5 Å². The number of carbonyl (C=O) groups excluding carboxylic acids is 2. The van der Waals surface area contributed by atoms with Gasteiger partial charge in [-0.05, 0) is 86.5 Å². The van der Waals surface area contributed by atoms with Crippen molar-refractivity contribution in [3.63, 3.8) is 0 Å². The molecule has 0 bridgehead atoms. The van der Waals surface area contributed by atoms with E-state index in [9.17, 15) is 13.8 Å². The van der Waals surface area contributed by atoms with E-state index in [1.54, 1.807) is 14.2 Å². The number of amides is 1. The lowest BCUT2D eigenvalue weighted by atomic mass is 9.94. The van der Waals surface area contributed by atoms with Crippen LogP contribution in [-0.2, 0) is 39.0 Å². The molecule has 1 saturated carbocycles. The van der Waals surface area contributed by atoms with Gasteiger partial charge >= 0.3 is 0 Å². The van der Waals surface area contributed by atoms with E-state index >= 15 is 0 Å². The molecule has 3 aliphatic rings. The first-order valence-corrected chi connectivity index (χ1v) is 22.0. The molecule has 0 spiro atoms. The number of hydrogen-bond acceptors (Lipinski definition) is 10. The van der Waals surface area contributed by atoms with Crippen molar-refractivity contribution in [2.45, 2.75) is 64.1 Å². The van der Waals surface area contributed by atoms with E-state index in [2.05, 4.69) is 26.7 Å². The van der Waals surface area contributed by atoms with Gasteiger partial charge in [-0.1, -0.05) is 65.7 Å². The van der Waals surface area contributed by atoms with Crippen molar-refractivity contribution >= 4 is 44.8 Å². The number of Topliss-reactive ketones (excluding diaryl/α,β-unsaturated/α-hetero) is 1. The Balaban J connectivity index is 1.04. The maximum Gasteiger partial charge on any atom is 0.257 e. The molecule has 1 unspecified atom stereocenters. The lowest BCUT2D eigenvalue weighted by Gasteiger charge is -2.30. The number of halogens is 2. The van der Waals surface area contributed by atoms with E-state index in [4.69, 9.17) is 52.5 Å². The Bertz CT molecular complexity index is 2280. The summed E-state index contributed by atoms with van der Waals surface area (Å²) in [5.41, 5.74) is 7.39. The number of nitrogens with zero attached hydrogens (tertiary/aromatic N) is 4. The van der Waals surface area contributed by atoms with Crippen LogP contribution >= 0.6 is 23.2 Å². The van der Waals surface area contributed by atoms with Gasteiger partial charge in [-0.15, -0.1) is 4.36 Å². The Labute approximate surface area is 344 Å². The summed E-state index contributed by atoms with van der Waals surface area (Å²) in [6, 6.07) is 18.0. The summed E-state index contributed by atoms with van der Waals surface area (Å²) >= 11 is 14.0. The largest absolute Gasteiger partial charge is 0.481 e. The lowest BCUT2D eigenvalue weighted by Crippen LogP contribution is -2.36. The van der Waals surface area contributed by atoms with Crippen LogP contribution < -0.4 is 24.7 Å². The van der Waals surface area contributed by atoms with Crippen LogP contribution in [0.4, 0.5) is 0 Å². The van der Waals surface area contributed by atoms with Crippen molar-refractivity contribution in [3.8, 4) is 40.0 Å². The zero-order valence-electron chi connectivity index (χ0n) is 32.4. The van der Waals surface area contributed by atoms with Gasteiger partial charge in [0.15, 0.2) is 0 Å². The Morgan fingerprint density at radius 3 is 2.37 bits per heavy atom. The van der Waals surface area contributed by atoms with Crippen LogP contribution in [-0.4, -0.2) is 70.9 Å². The molecular weight excluding hydrogens is 787 g/mol. The second kappa shape index (κ2) is 17.8. The number of piperidine rings is 1. The third kappa shape index (κ3) is 9.62. The van der Waals surface area contributed by atoms with Crippen LogP contribution in [0.5, 0.6) is 17.6 Å². The molecule has 0 radical (unpaired) electrons. The fourth-order valence-electron chi connectivity index (χ4n) is 8.17. The summed E-state index contributed by atoms with van der Waals surface area (Å²) in [6.45, 7) is 3.20. The van der Waals surface area contributed by atoms with Crippen molar-refractivity contribution in [2.75, 3.05) is 40.1 Å². The van der Waals surface area contributed by atoms with Crippen LogP contribution in [0.25, 0.3) is 22.4 Å². The first kappa shape index (κ1) is 41.1. The number of nitrogens with two attached hydrogens (primary N) is 1. The number of rotatable bonds is 13. The summed E-state index contributed by atoms with van der Waals surface area (Å²) in [4.78, 5) is 35.8. The van der Waals surface area contributed by atoms with Crippen LogP contribution in [0.2, 0.25) is 10.0 Å². The number of aromatic nitrogens is 2. The zero-order chi connectivity index (χ0) is 40.3. The molecule has 57 heavy (non-hydrogen) atoms. The molecule has 302 valence electrons. The number of ketones is 1. The van der Waals surface area contributed by atoms with Gasteiger partial charge in [0, 0.05) is 60.4 Å². The minimum atomic E-state index is -2.97. The van der Waals surface area contributed by atoms with Gasteiger partial charge in [-0.2, -0.15) is 4.98 Å². The summed E-state index contributed by atoms with van der Waals surface area (Å²) in [6.07, 6.45) is 5.93. The molecule has 15 heteroatoms. The minimum Gasteiger partial charge on any atom is -0.481 e. The third-order valence-corrected chi connectivity index (χ3v) is 12.3. The van der Waals surface area contributed by atoms with Crippen molar-refractivity contribution < 1.29 is 28.0 Å². The summed E-state index contributed by atoms with van der Waals surface area (Å²) < 4.78 is 33.4. The summed E-state index contributed by atoms with van der Waals surface area (Å²) in [7, 11) is 0.216. The number of fused-ring (bicyclic) bond motifs is 1. The van der Waals surface area contributed by atoms with Gasteiger partial charge in [-0.25, -0.2) is 14.3 Å². The van der Waals surface area contributed by atoms with Crippen LogP contribution in [0.3, 0.4) is 0 Å². The molecule has 1 saturated heterocycles. The molecule has 2 aliphatic carbocycles. The number of hydrogen-bond donors (Lipinski definition) is 2. The number of nitrogens with one attached hydrogen (secondary N) is 1. The number of pyridine rings is 2. The van der Waals surface area contributed by atoms with E-state index in [0.717, 1.165) is 64.8 Å². The molecule has 7 rings (SSSR count). The SMILES string of the molecule is COc1nc(-c2cccc(-c3cccc4c3CC[C@@H]4Oc3nc(OC)c(CN4CCC(C(=O)N=S(C)(N)=O)CC4)cc3Cl)c2Cl)ccc1CNC[C@@H]1CCC(=O)C1. The molecule has 3 N–H and O–H groups in total. The minimum absolute atomic E-state index is 0.281. The van der Waals surface area contributed by atoms with E-state index in [1.165, 1.54) is 6.26 Å². The van der Waals surface area contributed by atoms with E-state index < -0.39 is 15.8 Å². The smallest absolute Gasteiger partial charge is 0.257 e. The second-order valence-corrected chi connectivity index (χ2v) is 17.8. The highest BCUT2D eigenvalue weighted by Crippen LogP contribution is 2.45. The number of ether oxygens (including phenoxy) is 3. The van der Waals surface area contributed by atoms with Crippen molar-refractivity contribution in [1.29, 1.82) is 0 Å². The lowest BCUT2D eigenvalue weighted by molar-refractivity contribution is -0.122. The van der Waals surface area contributed by atoms with Crippen molar-refractivity contribution in [2.24, 2.45) is 21.3 Å². The highest BCUT2D eigenvalue weighted by atomic mass is 35.5. The van der Waals surface area contributed by atoms with Crippen LogP contribution in [0, 0.1) is 11.8 Å². The number of methoxy groups -OCH3 is 2. The highest BCUT2D eigenvalue weighted by Gasteiger charge is 2.30. The monoisotopic (exact) mass is 834 g/mol. The number of likely N-dealkylation sites (tertiary alicyclic amines) is 1. The van der Waals surface area contributed by atoms with E-state index in [1.807, 2.05) is 42.5 Å². The second-order valence-electron chi connectivity index (χ2n) is 15.1. The fraction of sp³-hybridized carbons (Fsp3) is 0.429. The summed E-state index contributed by atoms with van der Waals surface area (Å²) in [5.74, 6) is 1.28. The molecular formula is C42H48Cl2N6O6S. The Hall–Kier alpha value is -4.11. The third-order valence-electron chi connectivity index (χ3n) is 11.0. The fourth-order valence-corrected chi connectivity index (χ4v) is 9.22. The van der Waals surface area contributed by atoms with Gasteiger partial charge in [0.05, 0.1) is 24.9 Å². The molecule has 1 amide bonds. The van der Waals surface area contributed by atoms with E-state index in [-0.39, 0.29) is 12.0 Å². The molecule has 1 aliphatic heterocycles. The molecule has 2 aromatic carbocycles. The number of benzene rings is 2. The van der Waals surface area contributed by atoms with E-state index in [0.29, 0.717) is 96.9 Å². The van der Waals surface area contributed by atoms with Gasteiger partial charge in [0.2, 0.25) is 17.6 Å². The molecule has 3 heterocycles. The maximum atomic E-state index is 12.4. The van der Waals surface area contributed by atoms with Crippen LogP contribution in [0.1, 0.15) is 66.9 Å². The zero-order valence-corrected chi connectivity index (χ0v) is 34.7. The maximum absolute atomic E-state index is 12.4. The molecule has 2 fully saturated rings. The van der Waals surface area contributed by atoms with Crippen molar-refractivity contribution in [3.05, 3.63) is 86.9 Å². The Morgan fingerprint density at radius 1 is 0.930 bits per heavy atom. The van der Waals surface area contributed by atoms with Crippen LogP contribution in [0.15, 0.2) is 59.0 Å². The molecule has 4 aromatic rings. The van der Waals surface area contributed by atoms with Gasteiger partial charge in [0.1, 0.15) is 26.8 Å².